The van der Waals surface area contributed by atoms with Crippen molar-refractivity contribution in [3.8, 4) is 0 Å². The Bertz CT molecular complexity index is 548. The molecule has 1 rings (SSSR count). The maximum Gasteiger partial charge on any atom is 0.408 e. The number of rotatable bonds is 8. The predicted octanol–water partition coefficient (Wildman–Crippen LogP) is 1.32. The Hall–Kier alpha value is -1.35. The molecule has 1 amide bonds. The van der Waals surface area contributed by atoms with Crippen LogP contribution < -0.4 is 5.32 Å². The fourth-order valence-electron chi connectivity index (χ4n) is 1.87. The number of alkyl carbamates (subject to hydrolysis) is 1. The molecule has 0 aliphatic heterocycles. The van der Waals surface area contributed by atoms with Crippen LogP contribution in [-0.2, 0) is 19.3 Å². The van der Waals surface area contributed by atoms with E-state index in [2.05, 4.69) is 5.32 Å². The van der Waals surface area contributed by atoms with Gasteiger partial charge in [-0.15, -0.1) is 0 Å². The van der Waals surface area contributed by atoms with E-state index in [1.807, 2.05) is 0 Å². The maximum atomic E-state index is 12.1. The number of hydrogen-bond donors (Lipinski definition) is 4. The van der Waals surface area contributed by atoms with Gasteiger partial charge in [-0.05, 0) is 46.5 Å². The average molecular weight is 350 g/mol. The van der Waals surface area contributed by atoms with Gasteiger partial charge in [0.2, 0.25) is 0 Å². The van der Waals surface area contributed by atoms with Crippen molar-refractivity contribution in [3.63, 3.8) is 0 Å². The highest BCUT2D eigenvalue weighted by atomic mass is 32.2. The molecule has 0 aromatic carbocycles. The van der Waals surface area contributed by atoms with Gasteiger partial charge in [-0.25, -0.2) is 13.8 Å². The highest BCUT2D eigenvalue weighted by Crippen LogP contribution is 2.38. The van der Waals surface area contributed by atoms with Gasteiger partial charge < -0.3 is 20.3 Å². The van der Waals surface area contributed by atoms with E-state index < -0.39 is 39.0 Å². The summed E-state index contributed by atoms with van der Waals surface area (Å²) in [6.45, 7) is 4.96. The van der Waals surface area contributed by atoms with Crippen LogP contribution in [0.3, 0.4) is 0 Å². The van der Waals surface area contributed by atoms with E-state index >= 15 is 0 Å². The summed E-state index contributed by atoms with van der Waals surface area (Å²) in [4.78, 5) is 22.8. The van der Waals surface area contributed by atoms with E-state index in [4.69, 9.17) is 14.6 Å². The molecule has 1 unspecified atom stereocenters. The summed E-state index contributed by atoms with van der Waals surface area (Å²) < 4.78 is 24.9. The maximum absolute atomic E-state index is 12.1. The molecule has 9 heteroatoms. The third-order valence-electron chi connectivity index (χ3n) is 3.45. The number of ether oxygens (including phenoxy) is 1. The normalized spacial score (nSPS) is 20.2. The van der Waals surface area contributed by atoms with E-state index in [1.165, 1.54) is 0 Å². The van der Waals surface area contributed by atoms with Gasteiger partial charge in [-0.3, -0.25) is 4.78 Å². The van der Waals surface area contributed by atoms with Crippen LogP contribution in [0.4, 0.5) is 4.79 Å². The number of amides is 1. The summed E-state index contributed by atoms with van der Waals surface area (Å²) in [5, 5.41) is 21.0. The number of carbonyl (C=O) groups is 2. The van der Waals surface area contributed by atoms with Gasteiger partial charge >= 0.3 is 12.1 Å². The van der Waals surface area contributed by atoms with Crippen molar-refractivity contribution >= 4 is 21.8 Å². The van der Waals surface area contributed by atoms with Crippen molar-refractivity contribution in [2.45, 2.75) is 63.7 Å². The molecular formula is C14H26N2O6S. The first kappa shape index (κ1) is 19.7. The van der Waals surface area contributed by atoms with E-state index in [1.54, 1.807) is 20.8 Å². The fraction of sp³-hybridized carbons (Fsp3) is 0.857. The second-order valence-corrected chi connectivity index (χ2v) is 9.46. The highest BCUT2D eigenvalue weighted by Gasteiger charge is 2.40. The molecule has 0 aromatic heterocycles. The van der Waals surface area contributed by atoms with Crippen molar-refractivity contribution in [3.05, 3.63) is 0 Å². The standard InChI is InChI=1S/C14H26N2O6S/c1-13(2,3)22-12(19)16-10(11(17)18)4-8-23(15,21)9-7-14(20)5-6-14/h10,15,20H,4-9H2,1-3H3,(H,16,19)(H,17,18)/t10-,23?/m0/s1. The van der Waals surface area contributed by atoms with E-state index in [0.717, 1.165) is 0 Å². The van der Waals surface area contributed by atoms with Crippen LogP contribution in [-0.4, -0.2) is 55.2 Å². The number of nitrogens with one attached hydrogen (secondary N) is 2. The Balaban J connectivity index is 2.49. The molecule has 23 heavy (non-hydrogen) atoms. The zero-order valence-corrected chi connectivity index (χ0v) is 14.6. The topological polar surface area (TPSA) is 137 Å². The van der Waals surface area contributed by atoms with Crippen molar-refractivity contribution in [2.75, 3.05) is 11.5 Å². The van der Waals surface area contributed by atoms with Crippen LogP contribution in [0.1, 0.15) is 46.5 Å². The highest BCUT2D eigenvalue weighted by molar-refractivity contribution is 7.92. The number of carboxylic acid groups (broad SMARTS) is 1. The first-order valence-corrected chi connectivity index (χ1v) is 9.40. The summed E-state index contributed by atoms with van der Waals surface area (Å²) in [6, 6.07) is -1.26. The fourth-order valence-corrected chi connectivity index (χ4v) is 3.40. The molecule has 0 spiro atoms. The molecule has 0 radical (unpaired) electrons. The lowest BCUT2D eigenvalue weighted by Gasteiger charge is -2.22. The zero-order valence-electron chi connectivity index (χ0n) is 13.8. The first-order chi connectivity index (χ1) is 10.3. The van der Waals surface area contributed by atoms with Gasteiger partial charge in [0.05, 0.1) is 5.60 Å². The minimum Gasteiger partial charge on any atom is -0.480 e. The molecule has 1 saturated carbocycles. The Labute approximate surface area is 136 Å². The Morgan fingerprint density at radius 2 is 1.91 bits per heavy atom. The molecule has 0 saturated heterocycles. The summed E-state index contributed by atoms with van der Waals surface area (Å²) >= 11 is 0. The van der Waals surface area contributed by atoms with Crippen molar-refractivity contribution in [1.29, 1.82) is 4.78 Å². The van der Waals surface area contributed by atoms with E-state index in [0.29, 0.717) is 12.8 Å². The first-order valence-electron chi connectivity index (χ1n) is 7.51. The number of carboxylic acids is 1. The van der Waals surface area contributed by atoms with Gasteiger partial charge in [-0.2, -0.15) is 0 Å². The molecule has 0 heterocycles. The van der Waals surface area contributed by atoms with Gasteiger partial charge in [0.25, 0.3) is 0 Å². The van der Waals surface area contributed by atoms with Crippen LogP contribution in [0.15, 0.2) is 0 Å². The summed E-state index contributed by atoms with van der Waals surface area (Å²) in [6.07, 6.45) is 0.594. The molecule has 8 nitrogen and oxygen atoms in total. The third-order valence-corrected chi connectivity index (χ3v) is 5.21. The number of carbonyl (C=O) groups excluding carboxylic acids is 1. The number of aliphatic carboxylic acids is 1. The second kappa shape index (κ2) is 7.04. The van der Waals surface area contributed by atoms with Crippen LogP contribution in [0, 0.1) is 4.78 Å². The minimum atomic E-state index is -2.99. The molecule has 1 aliphatic rings. The summed E-state index contributed by atoms with van der Waals surface area (Å²) in [5.74, 6) is -1.40. The van der Waals surface area contributed by atoms with Gasteiger partial charge in [0.15, 0.2) is 0 Å². The number of aliphatic hydroxyl groups is 1. The molecule has 134 valence electrons. The lowest BCUT2D eigenvalue weighted by atomic mass is 10.2. The molecule has 0 bridgehead atoms. The monoisotopic (exact) mass is 350 g/mol. The molecule has 1 fully saturated rings. The van der Waals surface area contributed by atoms with Crippen LogP contribution in [0.2, 0.25) is 0 Å². The summed E-state index contributed by atoms with van der Waals surface area (Å²) in [5.41, 5.74) is -1.54. The number of hydrogen-bond acceptors (Lipinski definition) is 6. The van der Waals surface area contributed by atoms with Crippen molar-refractivity contribution in [1.82, 2.24) is 5.32 Å². The van der Waals surface area contributed by atoms with Crippen molar-refractivity contribution < 1.29 is 28.7 Å². The SMILES string of the molecule is CC(C)(C)OC(=O)N[C@@H](CCS(=N)(=O)CCC1(O)CC1)C(=O)O. The van der Waals surface area contributed by atoms with Crippen LogP contribution >= 0.6 is 0 Å². The molecule has 0 aromatic rings. The Morgan fingerprint density at radius 3 is 2.35 bits per heavy atom. The molecule has 2 atom stereocenters. The van der Waals surface area contributed by atoms with Crippen LogP contribution in [0.25, 0.3) is 0 Å². The Kier molecular flexibility index (Phi) is 6.03. The van der Waals surface area contributed by atoms with E-state index in [-0.39, 0.29) is 24.3 Å². The molecule has 4 N–H and O–H groups in total. The molecule has 1 aliphatic carbocycles. The van der Waals surface area contributed by atoms with E-state index in [9.17, 15) is 18.9 Å². The molecular weight excluding hydrogens is 324 g/mol. The van der Waals surface area contributed by atoms with Crippen molar-refractivity contribution in [2.24, 2.45) is 0 Å². The zero-order chi connectivity index (χ0) is 17.9. The predicted molar refractivity (Wildman–Crippen MR) is 84.8 cm³/mol. The van der Waals surface area contributed by atoms with Gasteiger partial charge in [-0.1, -0.05) is 0 Å². The smallest absolute Gasteiger partial charge is 0.408 e. The summed E-state index contributed by atoms with van der Waals surface area (Å²) in [7, 11) is -2.99. The minimum absolute atomic E-state index is 0.0300. The largest absolute Gasteiger partial charge is 0.480 e. The Morgan fingerprint density at radius 1 is 1.35 bits per heavy atom. The third kappa shape index (κ3) is 8.17. The van der Waals surface area contributed by atoms with Crippen LogP contribution in [0.5, 0.6) is 0 Å². The quantitative estimate of drug-likeness (QED) is 0.521. The second-order valence-electron chi connectivity index (χ2n) is 7.02. The average Bonchev–Trinajstić information content (AvgIpc) is 3.09. The van der Waals surface area contributed by atoms with Gasteiger partial charge in [0.1, 0.15) is 11.6 Å². The lowest BCUT2D eigenvalue weighted by molar-refractivity contribution is -0.139. The lowest BCUT2D eigenvalue weighted by Crippen LogP contribution is -2.44. The van der Waals surface area contributed by atoms with Gasteiger partial charge in [0, 0.05) is 21.2 Å².